The van der Waals surface area contributed by atoms with Gasteiger partial charge in [0.15, 0.2) is 11.5 Å². The fourth-order valence-electron chi connectivity index (χ4n) is 2.65. The molecule has 0 saturated carbocycles. The van der Waals surface area contributed by atoms with E-state index in [2.05, 4.69) is 20.8 Å². The summed E-state index contributed by atoms with van der Waals surface area (Å²) in [6, 6.07) is 14.4. The second kappa shape index (κ2) is 6.60. The quantitative estimate of drug-likeness (QED) is 0.764. The number of tetrazole rings is 1. The summed E-state index contributed by atoms with van der Waals surface area (Å²) in [5.41, 5.74) is 1.64. The minimum atomic E-state index is -0.567. The summed E-state index contributed by atoms with van der Waals surface area (Å²) >= 11 is 0. The van der Waals surface area contributed by atoms with Gasteiger partial charge in [0.2, 0.25) is 12.7 Å². The zero-order valence-electron chi connectivity index (χ0n) is 13.2. The van der Waals surface area contributed by atoms with E-state index in [0.29, 0.717) is 23.6 Å². The number of anilines is 1. The fraction of sp³-hybridized carbons (Fsp3) is 0.176. The molecule has 2 heterocycles. The van der Waals surface area contributed by atoms with Crippen LogP contribution < -0.4 is 14.8 Å². The summed E-state index contributed by atoms with van der Waals surface area (Å²) in [4.78, 5) is 12.8. The topological polar surface area (TPSA) is 91.2 Å². The number of hydrogen-bond donors (Lipinski definition) is 1. The average Bonchev–Trinajstić information content (AvgIpc) is 3.31. The van der Waals surface area contributed by atoms with Gasteiger partial charge in [-0.15, -0.1) is 5.10 Å². The Morgan fingerprint density at radius 1 is 1.16 bits per heavy atom. The van der Waals surface area contributed by atoms with Gasteiger partial charge in [-0.3, -0.25) is 4.79 Å². The van der Waals surface area contributed by atoms with Gasteiger partial charge in [0.25, 0.3) is 0 Å². The summed E-state index contributed by atoms with van der Waals surface area (Å²) in [5, 5.41) is 14.0. The molecule has 0 fully saturated rings. The maximum atomic E-state index is 12.8. The van der Waals surface area contributed by atoms with Crippen LogP contribution in [-0.2, 0) is 11.2 Å². The highest BCUT2D eigenvalue weighted by Gasteiger charge is 2.23. The van der Waals surface area contributed by atoms with Gasteiger partial charge in [0.05, 0.1) is 0 Å². The molecule has 0 bridgehead atoms. The van der Waals surface area contributed by atoms with E-state index in [1.54, 1.807) is 18.2 Å². The Morgan fingerprint density at radius 2 is 2.00 bits per heavy atom. The molecule has 0 saturated heterocycles. The second-order valence-corrected chi connectivity index (χ2v) is 5.55. The van der Waals surface area contributed by atoms with Crippen LogP contribution in [0.3, 0.4) is 0 Å². The van der Waals surface area contributed by atoms with Crippen molar-refractivity contribution in [2.75, 3.05) is 12.1 Å². The molecule has 8 heteroatoms. The molecule has 1 amide bonds. The molecule has 1 N–H and O–H groups in total. The van der Waals surface area contributed by atoms with E-state index in [9.17, 15) is 4.79 Å². The Balaban J connectivity index is 1.55. The van der Waals surface area contributed by atoms with E-state index in [-0.39, 0.29) is 12.7 Å². The highest BCUT2D eigenvalue weighted by molar-refractivity contribution is 5.94. The molecule has 1 atom stereocenters. The molecule has 3 aromatic rings. The number of nitrogens with zero attached hydrogens (tertiary/aromatic N) is 4. The first-order valence-electron chi connectivity index (χ1n) is 7.76. The van der Waals surface area contributed by atoms with Crippen molar-refractivity contribution >= 4 is 11.6 Å². The number of fused-ring (bicyclic) bond motifs is 1. The molecule has 0 unspecified atom stereocenters. The lowest BCUT2D eigenvalue weighted by Gasteiger charge is -2.16. The van der Waals surface area contributed by atoms with E-state index in [1.807, 2.05) is 30.3 Å². The minimum Gasteiger partial charge on any atom is -0.454 e. The van der Waals surface area contributed by atoms with Crippen molar-refractivity contribution in [2.24, 2.45) is 0 Å². The van der Waals surface area contributed by atoms with Crippen molar-refractivity contribution in [1.82, 2.24) is 20.2 Å². The van der Waals surface area contributed by atoms with Crippen LogP contribution in [0, 0.1) is 0 Å². The maximum absolute atomic E-state index is 12.8. The van der Waals surface area contributed by atoms with Crippen LogP contribution in [-0.4, -0.2) is 32.9 Å². The van der Waals surface area contributed by atoms with Gasteiger partial charge >= 0.3 is 0 Å². The van der Waals surface area contributed by atoms with Crippen LogP contribution in [0.25, 0.3) is 0 Å². The lowest BCUT2D eigenvalue weighted by atomic mass is 10.1. The number of hydrogen-bond acceptors (Lipinski definition) is 6. The van der Waals surface area contributed by atoms with E-state index in [0.717, 1.165) is 5.56 Å². The van der Waals surface area contributed by atoms with Gasteiger partial charge < -0.3 is 14.8 Å². The van der Waals surface area contributed by atoms with E-state index in [4.69, 9.17) is 9.47 Å². The molecule has 1 aliphatic heterocycles. The molecule has 4 rings (SSSR count). The summed E-state index contributed by atoms with van der Waals surface area (Å²) in [6.45, 7) is 0.188. The van der Waals surface area contributed by atoms with Crippen LogP contribution in [0.4, 0.5) is 5.69 Å². The molecular weight excluding hydrogens is 322 g/mol. The first-order valence-corrected chi connectivity index (χ1v) is 7.76. The predicted molar refractivity (Wildman–Crippen MR) is 88.2 cm³/mol. The van der Waals surface area contributed by atoms with Gasteiger partial charge in [-0.2, -0.15) is 0 Å². The predicted octanol–water partition coefficient (Wildman–Crippen LogP) is 1.82. The summed E-state index contributed by atoms with van der Waals surface area (Å²) < 4.78 is 12.1. The largest absolute Gasteiger partial charge is 0.454 e. The van der Waals surface area contributed by atoms with Crippen molar-refractivity contribution in [3.8, 4) is 11.5 Å². The van der Waals surface area contributed by atoms with Gasteiger partial charge in [-0.05, 0) is 28.1 Å². The first-order chi connectivity index (χ1) is 12.3. The number of nitrogens with one attached hydrogen (secondary N) is 1. The normalized spacial score (nSPS) is 13.4. The number of aromatic nitrogens is 4. The number of carbonyl (C=O) groups is 1. The van der Waals surface area contributed by atoms with Gasteiger partial charge in [0, 0.05) is 18.2 Å². The van der Waals surface area contributed by atoms with Crippen molar-refractivity contribution in [3.05, 3.63) is 60.4 Å². The highest BCUT2D eigenvalue weighted by atomic mass is 16.7. The zero-order valence-corrected chi connectivity index (χ0v) is 13.2. The lowest BCUT2D eigenvalue weighted by molar-refractivity contribution is -0.119. The van der Waals surface area contributed by atoms with Crippen molar-refractivity contribution in [3.63, 3.8) is 0 Å². The van der Waals surface area contributed by atoms with Crippen molar-refractivity contribution < 1.29 is 14.3 Å². The number of amides is 1. The molecule has 0 radical (unpaired) electrons. The summed E-state index contributed by atoms with van der Waals surface area (Å²) in [6.07, 6.45) is 1.91. The minimum absolute atomic E-state index is 0.188. The molecule has 0 spiro atoms. The molecule has 0 aliphatic carbocycles. The number of ether oxygens (including phenoxy) is 2. The van der Waals surface area contributed by atoms with E-state index >= 15 is 0 Å². The van der Waals surface area contributed by atoms with Crippen LogP contribution in [0.2, 0.25) is 0 Å². The Labute approximate surface area is 143 Å². The average molecular weight is 337 g/mol. The summed E-state index contributed by atoms with van der Waals surface area (Å²) in [7, 11) is 0. The molecule has 126 valence electrons. The van der Waals surface area contributed by atoms with Gasteiger partial charge in [-0.1, -0.05) is 30.3 Å². The van der Waals surface area contributed by atoms with Crippen LogP contribution in [0.5, 0.6) is 11.5 Å². The van der Waals surface area contributed by atoms with E-state index in [1.165, 1.54) is 11.0 Å². The highest BCUT2D eigenvalue weighted by Crippen LogP contribution is 2.34. The van der Waals surface area contributed by atoms with Gasteiger partial charge in [0.1, 0.15) is 12.4 Å². The smallest absolute Gasteiger partial charge is 0.249 e. The Bertz CT molecular complexity index is 867. The summed E-state index contributed by atoms with van der Waals surface area (Å²) in [5.74, 6) is 1.06. The zero-order chi connectivity index (χ0) is 17.1. The SMILES string of the molecule is O=C(Nc1ccc2c(c1)OCO2)[C@@H](Cc1ccccc1)n1cnnn1. The Kier molecular flexibility index (Phi) is 3.99. The lowest BCUT2D eigenvalue weighted by Crippen LogP contribution is -2.28. The molecule has 25 heavy (non-hydrogen) atoms. The van der Waals surface area contributed by atoms with E-state index < -0.39 is 6.04 Å². The number of carbonyl (C=O) groups excluding carboxylic acids is 1. The third kappa shape index (κ3) is 3.27. The molecule has 1 aromatic heterocycles. The second-order valence-electron chi connectivity index (χ2n) is 5.55. The number of benzene rings is 2. The fourth-order valence-corrected chi connectivity index (χ4v) is 2.65. The Morgan fingerprint density at radius 3 is 2.80 bits per heavy atom. The van der Waals surface area contributed by atoms with Crippen molar-refractivity contribution in [2.45, 2.75) is 12.5 Å². The molecule has 8 nitrogen and oxygen atoms in total. The molecular formula is C17H15N5O3. The van der Waals surface area contributed by atoms with Crippen molar-refractivity contribution in [1.29, 1.82) is 0 Å². The molecule has 1 aliphatic rings. The Hall–Kier alpha value is -3.42. The van der Waals surface area contributed by atoms with Gasteiger partial charge in [-0.25, -0.2) is 4.68 Å². The van der Waals surface area contributed by atoms with Crippen LogP contribution in [0.1, 0.15) is 11.6 Å². The monoisotopic (exact) mass is 337 g/mol. The first kappa shape index (κ1) is 15.1. The maximum Gasteiger partial charge on any atom is 0.249 e. The molecule has 2 aromatic carbocycles. The van der Waals surface area contributed by atoms with Crippen LogP contribution >= 0.6 is 0 Å². The third-order valence-corrected chi connectivity index (χ3v) is 3.90. The number of rotatable bonds is 5. The van der Waals surface area contributed by atoms with Crippen LogP contribution in [0.15, 0.2) is 54.9 Å². The third-order valence-electron chi connectivity index (χ3n) is 3.90. The standard InChI is InChI=1S/C17H15N5O3/c23-17(19-13-6-7-15-16(9-13)25-11-24-15)14(22-10-18-20-21-22)8-12-4-2-1-3-5-12/h1-7,9-10,14H,8,11H2,(H,19,23)/t14-/m1/s1.